The predicted molar refractivity (Wildman–Crippen MR) is 190 cm³/mol. The van der Waals surface area contributed by atoms with Crippen LogP contribution in [0.5, 0.6) is 5.75 Å². The molecule has 0 bridgehead atoms. The number of aromatic nitrogens is 3. The quantitative estimate of drug-likeness (QED) is 0.0389. The van der Waals surface area contributed by atoms with Gasteiger partial charge in [0.25, 0.3) is 0 Å². The van der Waals surface area contributed by atoms with Gasteiger partial charge >= 0.3 is 0 Å². The van der Waals surface area contributed by atoms with Crippen LogP contribution in [-0.2, 0) is 15.9 Å². The maximum Gasteiger partial charge on any atom is 0.233 e. The van der Waals surface area contributed by atoms with Gasteiger partial charge in [0, 0.05) is 48.5 Å². The van der Waals surface area contributed by atoms with Crippen LogP contribution in [0.4, 0.5) is 29.2 Å². The van der Waals surface area contributed by atoms with Crippen LogP contribution in [-0.4, -0.2) is 64.6 Å². The first-order valence-electron chi connectivity index (χ1n) is 16.3. The Bertz CT molecular complexity index is 1770. The highest BCUT2D eigenvalue weighted by molar-refractivity contribution is 5.97. The first kappa shape index (κ1) is 34.7. The molecule has 4 aromatic carbocycles. The number of anilines is 5. The van der Waals surface area contributed by atoms with Gasteiger partial charge in [0.15, 0.2) is 11.6 Å². The number of carbonyl (C=O) groups is 2. The summed E-state index contributed by atoms with van der Waals surface area (Å²) in [6.07, 6.45) is 2.16. The number of hydrogen-bond donors (Lipinski definition) is 4. The molecule has 0 aliphatic rings. The molecule has 0 atom stereocenters. The van der Waals surface area contributed by atoms with E-state index in [4.69, 9.17) is 9.47 Å². The van der Waals surface area contributed by atoms with E-state index < -0.39 is 0 Å². The summed E-state index contributed by atoms with van der Waals surface area (Å²) >= 11 is 0. The molecule has 4 N–H and O–H groups in total. The van der Waals surface area contributed by atoms with Crippen LogP contribution in [0.3, 0.4) is 0 Å². The Labute approximate surface area is 285 Å². The largest absolute Gasteiger partial charge is 0.508 e. The number of nitrogens with zero attached hydrogens (tertiary/aromatic N) is 3. The molecule has 49 heavy (non-hydrogen) atoms. The van der Waals surface area contributed by atoms with Gasteiger partial charge in [-0.25, -0.2) is 0 Å². The van der Waals surface area contributed by atoms with Crippen LogP contribution in [0.25, 0.3) is 0 Å². The van der Waals surface area contributed by atoms with Gasteiger partial charge < -0.3 is 30.5 Å². The maximum absolute atomic E-state index is 13.0. The number of ether oxygens (including phenoxy) is 2. The second-order valence-corrected chi connectivity index (χ2v) is 11.1. The first-order valence-corrected chi connectivity index (χ1v) is 16.3. The summed E-state index contributed by atoms with van der Waals surface area (Å²) in [5.41, 5.74) is 3.77. The van der Waals surface area contributed by atoms with Crippen LogP contribution < -0.4 is 16.0 Å². The molecule has 0 aliphatic heterocycles. The minimum Gasteiger partial charge on any atom is -0.508 e. The molecule has 0 spiro atoms. The zero-order valence-corrected chi connectivity index (χ0v) is 27.2. The van der Waals surface area contributed by atoms with Gasteiger partial charge in [-0.05, 0) is 54.8 Å². The molecule has 0 aliphatic carbocycles. The molecule has 0 saturated heterocycles. The molecule has 0 radical (unpaired) electrons. The lowest BCUT2D eigenvalue weighted by atomic mass is 10.0. The van der Waals surface area contributed by atoms with Crippen molar-refractivity contribution in [3.8, 4) is 5.75 Å². The van der Waals surface area contributed by atoms with Crippen molar-refractivity contribution in [3.63, 3.8) is 0 Å². The van der Waals surface area contributed by atoms with Gasteiger partial charge in [0.05, 0.1) is 19.8 Å². The number of carbonyl (C=O) groups excluding carboxylic acids is 2. The number of hydrogen-bond acceptors (Lipinski definition) is 11. The molecule has 11 nitrogen and oxygen atoms in total. The lowest BCUT2D eigenvalue weighted by Crippen LogP contribution is -2.15. The van der Waals surface area contributed by atoms with E-state index in [2.05, 4.69) is 30.9 Å². The molecule has 11 heteroatoms. The van der Waals surface area contributed by atoms with Crippen molar-refractivity contribution in [1.29, 1.82) is 0 Å². The molecule has 5 aromatic rings. The third kappa shape index (κ3) is 11.8. The number of Topliss-reactive ketones (excluding diaryl/α,β-unsaturated/α-hetero) is 2. The highest BCUT2D eigenvalue weighted by Gasteiger charge is 2.11. The summed E-state index contributed by atoms with van der Waals surface area (Å²) in [6.45, 7) is 2.14. The van der Waals surface area contributed by atoms with Gasteiger partial charge in [0.2, 0.25) is 17.8 Å². The number of ketones is 2. The number of nitrogens with one attached hydrogen (secondary N) is 3. The second kappa shape index (κ2) is 18.6. The Morgan fingerprint density at radius 2 is 1.20 bits per heavy atom. The Morgan fingerprint density at radius 1 is 0.592 bits per heavy atom. The number of rotatable bonds is 20. The van der Waals surface area contributed by atoms with Crippen LogP contribution in [0.2, 0.25) is 0 Å². The zero-order chi connectivity index (χ0) is 34.1. The fourth-order valence-electron chi connectivity index (χ4n) is 4.85. The van der Waals surface area contributed by atoms with Gasteiger partial charge in [0.1, 0.15) is 5.75 Å². The van der Waals surface area contributed by atoms with Crippen LogP contribution >= 0.6 is 0 Å². The molecular weight excluding hydrogens is 620 g/mol. The molecular formula is C38H40N6O5. The number of phenolic OH excluding ortho intramolecular Hbond substituents is 1. The highest BCUT2D eigenvalue weighted by Crippen LogP contribution is 2.21. The monoisotopic (exact) mass is 660 g/mol. The molecule has 0 fully saturated rings. The molecule has 5 rings (SSSR count). The van der Waals surface area contributed by atoms with Crippen molar-refractivity contribution < 1.29 is 24.2 Å². The van der Waals surface area contributed by atoms with Gasteiger partial charge in [-0.3, -0.25) is 9.59 Å². The van der Waals surface area contributed by atoms with E-state index in [1.807, 2.05) is 72.8 Å². The Kier molecular flexibility index (Phi) is 13.2. The van der Waals surface area contributed by atoms with Crippen LogP contribution in [0, 0.1) is 0 Å². The molecule has 252 valence electrons. The molecule has 0 unspecified atom stereocenters. The van der Waals surface area contributed by atoms with E-state index in [1.165, 1.54) is 0 Å². The van der Waals surface area contributed by atoms with Gasteiger partial charge in [-0.1, -0.05) is 72.8 Å². The number of aromatic hydroxyl groups is 1. The molecule has 0 saturated carbocycles. The SMILES string of the molecule is O=C(CCCOCCOCCNc1nc(Nc2ccc(O)cc2)nc(Nc2cccc(C(=O)CCc3ccccc3)c2)n1)c1ccccc1. The van der Waals surface area contributed by atoms with Crippen LogP contribution in [0.1, 0.15) is 45.5 Å². The van der Waals surface area contributed by atoms with E-state index in [9.17, 15) is 14.7 Å². The predicted octanol–water partition coefficient (Wildman–Crippen LogP) is 6.99. The maximum atomic E-state index is 13.0. The number of aryl methyl sites for hydroxylation is 1. The fourth-order valence-corrected chi connectivity index (χ4v) is 4.85. The highest BCUT2D eigenvalue weighted by atomic mass is 16.5. The standard InChI is InChI=1S/C38H40N6O5/c45-33-19-17-31(18-20-33)40-37-42-36(39-22-24-49-26-25-48-23-8-15-34(46)29-11-5-2-6-12-29)43-38(44-37)41-32-14-7-13-30(27-32)35(47)21-16-28-9-3-1-4-10-28/h1-7,9-14,17-20,27,45H,8,15-16,21-26H2,(H3,39,40,41,42,43,44). The summed E-state index contributed by atoms with van der Waals surface area (Å²) in [5.74, 6) is 1.17. The summed E-state index contributed by atoms with van der Waals surface area (Å²) in [4.78, 5) is 38.7. The normalized spacial score (nSPS) is 10.8. The fraction of sp³-hybridized carbons (Fsp3) is 0.237. The Morgan fingerprint density at radius 3 is 1.94 bits per heavy atom. The summed E-state index contributed by atoms with van der Waals surface area (Å²) in [7, 11) is 0. The lowest BCUT2D eigenvalue weighted by molar-refractivity contribution is 0.0497. The Balaban J connectivity index is 1.11. The minimum atomic E-state index is 0.0451. The van der Waals surface area contributed by atoms with Crippen molar-refractivity contribution in [1.82, 2.24) is 15.0 Å². The van der Waals surface area contributed by atoms with Crippen LogP contribution in [0.15, 0.2) is 109 Å². The molecule has 1 aromatic heterocycles. The Hall–Kier alpha value is -5.65. The van der Waals surface area contributed by atoms with E-state index >= 15 is 0 Å². The minimum absolute atomic E-state index is 0.0451. The number of benzene rings is 4. The second-order valence-electron chi connectivity index (χ2n) is 11.1. The van der Waals surface area contributed by atoms with Crippen molar-refractivity contribution in [2.24, 2.45) is 0 Å². The topological polar surface area (TPSA) is 148 Å². The average molecular weight is 661 g/mol. The van der Waals surface area contributed by atoms with E-state index in [1.54, 1.807) is 36.4 Å². The summed E-state index contributed by atoms with van der Waals surface area (Å²) < 4.78 is 11.3. The first-order chi connectivity index (χ1) is 24.0. The smallest absolute Gasteiger partial charge is 0.233 e. The molecule has 1 heterocycles. The van der Waals surface area contributed by atoms with Gasteiger partial charge in [-0.15, -0.1) is 0 Å². The summed E-state index contributed by atoms with van der Waals surface area (Å²) in [5, 5.41) is 19.2. The van der Waals surface area contributed by atoms with Crippen molar-refractivity contribution in [2.45, 2.75) is 25.7 Å². The van der Waals surface area contributed by atoms with E-state index in [0.717, 1.165) is 11.1 Å². The number of phenols is 1. The van der Waals surface area contributed by atoms with Crippen molar-refractivity contribution >= 4 is 40.8 Å². The van der Waals surface area contributed by atoms with E-state index in [0.29, 0.717) is 81.5 Å². The van der Waals surface area contributed by atoms with E-state index in [-0.39, 0.29) is 29.2 Å². The lowest BCUT2D eigenvalue weighted by Gasteiger charge is -2.12. The van der Waals surface area contributed by atoms with Crippen molar-refractivity contribution in [2.75, 3.05) is 48.9 Å². The third-order valence-corrected chi connectivity index (χ3v) is 7.37. The van der Waals surface area contributed by atoms with Gasteiger partial charge in [-0.2, -0.15) is 15.0 Å². The zero-order valence-electron chi connectivity index (χ0n) is 27.2. The average Bonchev–Trinajstić information content (AvgIpc) is 3.13. The summed E-state index contributed by atoms with van der Waals surface area (Å²) in [6, 6.07) is 33.0. The third-order valence-electron chi connectivity index (χ3n) is 7.37. The molecule has 0 amide bonds. The van der Waals surface area contributed by atoms with Crippen molar-refractivity contribution in [3.05, 3.63) is 126 Å².